The Hall–Kier alpha value is -0.870. The molecular weight excluding hydrogens is 229 g/mol. The number of halogens is 2. The summed E-state index contributed by atoms with van der Waals surface area (Å²) in [6, 6.07) is 0. The van der Waals surface area contributed by atoms with Gasteiger partial charge in [0.2, 0.25) is 0 Å². The van der Waals surface area contributed by atoms with Gasteiger partial charge in [-0.1, -0.05) is 12.2 Å². The van der Waals surface area contributed by atoms with E-state index in [2.05, 4.69) is 13.6 Å². The van der Waals surface area contributed by atoms with Gasteiger partial charge < -0.3 is 9.05 Å². The third kappa shape index (κ3) is 7.11. The van der Waals surface area contributed by atoms with Crippen molar-refractivity contribution in [2.24, 2.45) is 0 Å². The van der Waals surface area contributed by atoms with E-state index in [0.29, 0.717) is 0 Å². The maximum Gasteiger partial charge on any atom is 0.586 e. The molecule has 0 aromatic carbocycles. The largest absolute Gasteiger partial charge is 0.586 e. The predicted octanol–water partition coefficient (Wildman–Crippen LogP) is 3.48. The van der Waals surface area contributed by atoms with Crippen LogP contribution in [0, 0.1) is 0 Å². The zero-order valence-corrected chi connectivity index (χ0v) is 9.32. The molecule has 0 atom stereocenters. The van der Waals surface area contributed by atoms with Crippen molar-refractivity contribution in [1.29, 1.82) is 0 Å². The topological polar surface area (TPSA) is 44.8 Å². The average molecular weight is 242 g/mol. The van der Waals surface area contributed by atoms with Crippen molar-refractivity contribution in [1.82, 2.24) is 0 Å². The first kappa shape index (κ1) is 14.1. The van der Waals surface area contributed by atoms with Crippen molar-refractivity contribution in [3.63, 3.8) is 0 Å². The van der Waals surface area contributed by atoms with E-state index in [-0.39, 0.29) is 0 Å². The number of rotatable bonds is 7. The van der Waals surface area contributed by atoms with Crippen molar-refractivity contribution in [3.8, 4) is 0 Å². The molecule has 15 heavy (non-hydrogen) atoms. The molecule has 4 nitrogen and oxygen atoms in total. The third-order valence-corrected chi connectivity index (χ3v) is 2.24. The van der Waals surface area contributed by atoms with Crippen LogP contribution in [0.4, 0.5) is 8.78 Å². The Morgan fingerprint density at radius 2 is 1.67 bits per heavy atom. The molecule has 0 fully saturated rings. The lowest BCUT2D eigenvalue weighted by Gasteiger charge is -2.14. The van der Waals surface area contributed by atoms with Crippen LogP contribution < -0.4 is 0 Å². The van der Waals surface area contributed by atoms with Gasteiger partial charge in [0.15, 0.2) is 0 Å². The molecule has 0 unspecified atom stereocenters. The summed E-state index contributed by atoms with van der Waals surface area (Å²) >= 11 is 0. The monoisotopic (exact) mass is 242 g/mol. The normalized spacial score (nSPS) is 16.1. The molecule has 88 valence electrons. The molecule has 0 aliphatic carbocycles. The standard InChI is InChI=1S/C8H13F2O4P/c1-3-5-12-15(11,13-6-4-2)14-7-8(9)10/h3-6,8H,7H2,1-2H3. The van der Waals surface area contributed by atoms with Gasteiger partial charge >= 0.3 is 7.82 Å². The van der Waals surface area contributed by atoms with E-state index in [4.69, 9.17) is 0 Å². The summed E-state index contributed by atoms with van der Waals surface area (Å²) in [5, 5.41) is 0. The number of phosphoric ester groups is 1. The molecule has 0 radical (unpaired) electrons. The molecule has 0 bridgehead atoms. The Kier molecular flexibility index (Phi) is 6.99. The zero-order chi connectivity index (χ0) is 11.7. The van der Waals surface area contributed by atoms with Gasteiger partial charge in [0.1, 0.15) is 6.61 Å². The Bertz CT molecular complexity index is 247. The highest BCUT2D eigenvalue weighted by Crippen LogP contribution is 2.50. The molecule has 0 aliphatic heterocycles. The van der Waals surface area contributed by atoms with Crippen LogP contribution in [-0.4, -0.2) is 13.0 Å². The molecule has 0 saturated carbocycles. The van der Waals surface area contributed by atoms with E-state index in [1.807, 2.05) is 0 Å². The van der Waals surface area contributed by atoms with Crippen molar-refractivity contribution in [2.45, 2.75) is 20.3 Å². The molecule has 0 amide bonds. The fraction of sp³-hybridized carbons (Fsp3) is 0.500. The highest BCUT2D eigenvalue weighted by atomic mass is 31.2. The number of allylic oxidation sites excluding steroid dienone is 2. The minimum absolute atomic E-state index is 1.01. The minimum atomic E-state index is -3.96. The predicted molar refractivity (Wildman–Crippen MR) is 51.4 cm³/mol. The SMILES string of the molecule is CC=COP(=O)(OC=CC)OCC(F)F. The molecule has 7 heteroatoms. The Balaban J connectivity index is 4.33. The lowest BCUT2D eigenvalue weighted by atomic mass is 10.8. The number of alkyl halides is 2. The fourth-order valence-corrected chi connectivity index (χ4v) is 1.51. The van der Waals surface area contributed by atoms with Crippen LogP contribution >= 0.6 is 7.82 Å². The Morgan fingerprint density at radius 3 is 2.00 bits per heavy atom. The van der Waals surface area contributed by atoms with E-state index in [1.54, 1.807) is 13.8 Å². The van der Waals surface area contributed by atoms with E-state index in [9.17, 15) is 13.3 Å². The molecule has 0 saturated heterocycles. The van der Waals surface area contributed by atoms with Gasteiger partial charge in [0, 0.05) is 0 Å². The first-order valence-electron chi connectivity index (χ1n) is 4.16. The molecular formula is C8H13F2O4P. The van der Waals surface area contributed by atoms with E-state index in [1.165, 1.54) is 12.2 Å². The summed E-state index contributed by atoms with van der Waals surface area (Å²) in [7, 11) is -3.96. The highest BCUT2D eigenvalue weighted by molar-refractivity contribution is 7.48. The molecule has 0 aromatic rings. The Labute approximate surface area is 87.1 Å². The first-order chi connectivity index (χ1) is 7.04. The van der Waals surface area contributed by atoms with Crippen LogP contribution in [0.3, 0.4) is 0 Å². The van der Waals surface area contributed by atoms with Gasteiger partial charge in [0.25, 0.3) is 6.43 Å². The molecule has 0 aliphatic rings. The van der Waals surface area contributed by atoms with E-state index in [0.717, 1.165) is 12.5 Å². The second-order valence-corrected chi connectivity index (χ2v) is 3.86. The van der Waals surface area contributed by atoms with Crippen LogP contribution in [0.2, 0.25) is 0 Å². The van der Waals surface area contributed by atoms with Gasteiger partial charge in [0.05, 0.1) is 12.5 Å². The summed E-state index contributed by atoms with van der Waals surface area (Å²) in [4.78, 5) is 0. The highest BCUT2D eigenvalue weighted by Gasteiger charge is 2.28. The van der Waals surface area contributed by atoms with Crippen molar-refractivity contribution >= 4 is 7.82 Å². The average Bonchev–Trinajstić information content (AvgIpc) is 2.21. The maximum atomic E-state index is 11.8. The van der Waals surface area contributed by atoms with Crippen LogP contribution in [0.15, 0.2) is 24.7 Å². The zero-order valence-electron chi connectivity index (χ0n) is 8.43. The second kappa shape index (κ2) is 7.43. The van der Waals surface area contributed by atoms with Crippen LogP contribution in [0.1, 0.15) is 13.8 Å². The molecule has 0 rings (SSSR count). The minimum Gasteiger partial charge on any atom is -0.403 e. The summed E-state index contributed by atoms with van der Waals surface area (Å²) in [5.74, 6) is 0. The summed E-state index contributed by atoms with van der Waals surface area (Å²) in [6.45, 7) is 2.20. The van der Waals surface area contributed by atoms with Gasteiger partial charge in [-0.25, -0.2) is 13.3 Å². The fourth-order valence-electron chi connectivity index (χ4n) is 0.504. The van der Waals surface area contributed by atoms with Crippen molar-refractivity contribution < 1.29 is 26.9 Å². The molecule has 0 spiro atoms. The molecule has 0 N–H and O–H groups in total. The molecule has 0 heterocycles. The summed E-state index contributed by atoms with van der Waals surface area (Å²) < 4.78 is 48.7. The number of phosphoric acid groups is 1. The van der Waals surface area contributed by atoms with Crippen LogP contribution in [0.25, 0.3) is 0 Å². The summed E-state index contributed by atoms with van der Waals surface area (Å²) in [5.41, 5.74) is 0. The van der Waals surface area contributed by atoms with Gasteiger partial charge in [-0.3, -0.25) is 4.52 Å². The lowest BCUT2D eigenvalue weighted by Crippen LogP contribution is -2.04. The van der Waals surface area contributed by atoms with Crippen molar-refractivity contribution in [2.75, 3.05) is 6.61 Å². The van der Waals surface area contributed by atoms with E-state index >= 15 is 0 Å². The Morgan fingerprint density at radius 1 is 1.20 bits per heavy atom. The second-order valence-electron chi connectivity index (χ2n) is 2.28. The van der Waals surface area contributed by atoms with Gasteiger partial charge in [-0.15, -0.1) is 0 Å². The first-order valence-corrected chi connectivity index (χ1v) is 5.62. The van der Waals surface area contributed by atoms with Gasteiger partial charge in [-0.2, -0.15) is 0 Å². The van der Waals surface area contributed by atoms with Crippen molar-refractivity contribution in [3.05, 3.63) is 24.7 Å². The van der Waals surface area contributed by atoms with Crippen LogP contribution in [0.5, 0.6) is 0 Å². The smallest absolute Gasteiger partial charge is 0.403 e. The quantitative estimate of drug-likeness (QED) is 0.506. The summed E-state index contributed by atoms with van der Waals surface area (Å²) in [6.07, 6.45) is 2.22. The number of hydrogen-bond acceptors (Lipinski definition) is 4. The third-order valence-electron chi connectivity index (χ3n) is 1.01. The van der Waals surface area contributed by atoms with Gasteiger partial charge in [-0.05, 0) is 13.8 Å². The number of hydrogen-bond donors (Lipinski definition) is 0. The van der Waals surface area contributed by atoms with Crippen LogP contribution in [-0.2, 0) is 18.1 Å². The van der Waals surface area contributed by atoms with E-state index < -0.39 is 20.9 Å². The maximum absolute atomic E-state index is 11.8. The molecule has 0 aromatic heterocycles. The lowest BCUT2D eigenvalue weighted by molar-refractivity contribution is 0.0601.